The molecule has 0 spiro atoms. The summed E-state index contributed by atoms with van der Waals surface area (Å²) in [5.74, 6) is 6.18. The maximum atomic E-state index is 10.7. The van der Waals surface area contributed by atoms with Gasteiger partial charge in [0.25, 0.3) is 0 Å². The number of aryl methyl sites for hydroxylation is 1. The van der Waals surface area contributed by atoms with E-state index < -0.39 is 5.97 Å². The third kappa shape index (κ3) is 5.60. The van der Waals surface area contributed by atoms with Crippen molar-refractivity contribution in [3.63, 3.8) is 0 Å². The van der Waals surface area contributed by atoms with Crippen LogP contribution in [0, 0.1) is 11.8 Å². The Bertz CT molecular complexity index is 953. The summed E-state index contributed by atoms with van der Waals surface area (Å²) in [4.78, 5) is 10.7. The van der Waals surface area contributed by atoms with E-state index in [2.05, 4.69) is 54.9 Å². The lowest BCUT2D eigenvalue weighted by Gasteiger charge is -2.33. The van der Waals surface area contributed by atoms with Gasteiger partial charge in [0.05, 0.1) is 12.3 Å². The fourth-order valence-electron chi connectivity index (χ4n) is 3.69. The van der Waals surface area contributed by atoms with Gasteiger partial charge in [0, 0.05) is 23.5 Å². The van der Waals surface area contributed by atoms with Crippen molar-refractivity contribution in [3.8, 4) is 17.6 Å². The molecule has 2 aromatic rings. The number of carbonyl (C=O) groups excluding carboxylic acids is 1. The van der Waals surface area contributed by atoms with Crippen LogP contribution in [0.25, 0.3) is 0 Å². The Morgan fingerprint density at radius 2 is 2.00 bits per heavy atom. The summed E-state index contributed by atoms with van der Waals surface area (Å²) in [6.45, 7) is 7.45. The molecule has 1 aromatic heterocycles. The average molecular weight is 406 g/mol. The van der Waals surface area contributed by atoms with Gasteiger partial charge in [0.15, 0.2) is 0 Å². The van der Waals surface area contributed by atoms with Crippen LogP contribution in [0.5, 0.6) is 5.75 Å². The fourth-order valence-corrected chi connectivity index (χ4v) is 3.69. The van der Waals surface area contributed by atoms with Crippen molar-refractivity contribution in [1.82, 2.24) is 10.2 Å². The van der Waals surface area contributed by atoms with Crippen LogP contribution in [-0.4, -0.2) is 22.8 Å². The highest BCUT2D eigenvalue weighted by Gasteiger charge is 2.29. The Labute approximate surface area is 178 Å². The van der Waals surface area contributed by atoms with Crippen LogP contribution in [0.3, 0.4) is 0 Å². The first-order chi connectivity index (χ1) is 14.4. The summed E-state index contributed by atoms with van der Waals surface area (Å²) in [6.07, 6.45) is 6.48. The number of unbranched alkanes of at least 4 members (excludes halogenated alkanes) is 3. The molecule has 5 nitrogen and oxygen atoms in total. The Morgan fingerprint density at radius 3 is 2.70 bits per heavy atom. The van der Waals surface area contributed by atoms with Gasteiger partial charge in [-0.25, -0.2) is 0 Å². The normalized spacial score (nSPS) is 14.2. The number of aliphatic carboxylic acids is 1. The zero-order valence-corrected chi connectivity index (χ0v) is 18.1. The lowest BCUT2D eigenvalue weighted by molar-refractivity contribution is -0.304. The van der Waals surface area contributed by atoms with Crippen LogP contribution in [0.15, 0.2) is 24.3 Å². The highest BCUT2D eigenvalue weighted by Crippen LogP contribution is 2.40. The predicted molar refractivity (Wildman–Crippen MR) is 114 cm³/mol. The molecule has 158 valence electrons. The van der Waals surface area contributed by atoms with Gasteiger partial charge < -0.3 is 14.6 Å². The maximum Gasteiger partial charge on any atom is 0.136 e. The molecule has 0 saturated carbocycles. The van der Waals surface area contributed by atoms with Crippen molar-refractivity contribution >= 4 is 5.97 Å². The number of ether oxygens (including phenoxy) is 1. The first-order valence-electron chi connectivity index (χ1n) is 10.7. The smallest absolute Gasteiger partial charge is 0.136 e. The zero-order valence-electron chi connectivity index (χ0n) is 18.1. The summed E-state index contributed by atoms with van der Waals surface area (Å²) in [5, 5.41) is 18.6. The summed E-state index contributed by atoms with van der Waals surface area (Å²) in [5.41, 5.74) is 4.34. The predicted octanol–water partition coefficient (Wildman–Crippen LogP) is 3.35. The average Bonchev–Trinajstić information content (AvgIpc) is 2.70. The van der Waals surface area contributed by atoms with Crippen LogP contribution in [-0.2, 0) is 23.1 Å². The van der Waals surface area contributed by atoms with E-state index in [0.29, 0.717) is 11.4 Å². The second kappa shape index (κ2) is 9.75. The van der Waals surface area contributed by atoms with Gasteiger partial charge in [-0.1, -0.05) is 46.0 Å². The van der Waals surface area contributed by atoms with Crippen molar-refractivity contribution in [1.29, 1.82) is 0 Å². The molecule has 0 saturated heterocycles. The van der Waals surface area contributed by atoms with E-state index in [1.165, 1.54) is 30.4 Å². The second-order valence-corrected chi connectivity index (χ2v) is 8.51. The second-order valence-electron chi connectivity index (χ2n) is 8.51. The minimum atomic E-state index is -1.17. The number of nitrogens with zero attached hydrogens (tertiary/aromatic N) is 2. The molecule has 0 atom stereocenters. The number of rotatable bonds is 7. The molecule has 1 aliphatic heterocycles. The molecule has 5 heteroatoms. The Hall–Kier alpha value is -2.87. The number of hydrogen-bond donors (Lipinski definition) is 0. The van der Waals surface area contributed by atoms with Crippen molar-refractivity contribution in [2.75, 3.05) is 6.61 Å². The van der Waals surface area contributed by atoms with Gasteiger partial charge in [-0.2, -0.15) is 5.10 Å². The third-order valence-electron chi connectivity index (χ3n) is 5.59. The van der Waals surface area contributed by atoms with E-state index in [1.807, 2.05) is 0 Å². The maximum absolute atomic E-state index is 10.7. The molecule has 3 rings (SSSR count). The third-order valence-corrected chi connectivity index (χ3v) is 5.59. The molecule has 2 heterocycles. The van der Waals surface area contributed by atoms with E-state index in [-0.39, 0.29) is 11.8 Å². The molecular formula is C25H29N2O3-. The molecule has 1 aromatic carbocycles. The molecular weight excluding hydrogens is 376 g/mol. The van der Waals surface area contributed by atoms with Gasteiger partial charge in [0.2, 0.25) is 0 Å². The summed E-state index contributed by atoms with van der Waals surface area (Å²) < 4.78 is 5.97. The minimum Gasteiger partial charge on any atom is -0.550 e. The molecule has 0 radical (unpaired) electrons. The highest BCUT2D eigenvalue weighted by molar-refractivity contribution is 5.67. The quantitative estimate of drug-likeness (QED) is 0.522. The largest absolute Gasteiger partial charge is 0.550 e. The summed E-state index contributed by atoms with van der Waals surface area (Å²) >= 11 is 0. The van der Waals surface area contributed by atoms with Crippen LogP contribution in [0.2, 0.25) is 0 Å². The number of fused-ring (bicyclic) bond motifs is 1. The molecule has 0 aliphatic carbocycles. The minimum absolute atomic E-state index is 0.0527. The van der Waals surface area contributed by atoms with Crippen LogP contribution in [0.1, 0.15) is 81.0 Å². The van der Waals surface area contributed by atoms with Gasteiger partial charge in [-0.05, 0) is 60.4 Å². The summed E-state index contributed by atoms with van der Waals surface area (Å²) in [6, 6.07) is 7.67. The highest BCUT2D eigenvalue weighted by atomic mass is 16.5. The Balaban J connectivity index is 1.90. The molecule has 0 unspecified atom stereocenters. The van der Waals surface area contributed by atoms with Crippen molar-refractivity contribution in [3.05, 3.63) is 52.3 Å². The summed E-state index contributed by atoms with van der Waals surface area (Å²) in [7, 11) is 0. The molecule has 0 fully saturated rings. The monoisotopic (exact) mass is 405 g/mol. The molecule has 30 heavy (non-hydrogen) atoms. The lowest BCUT2D eigenvalue weighted by atomic mass is 9.78. The van der Waals surface area contributed by atoms with E-state index in [9.17, 15) is 9.90 Å². The molecule has 0 amide bonds. The lowest BCUT2D eigenvalue weighted by Crippen LogP contribution is -2.27. The molecule has 0 N–H and O–H groups in total. The topological polar surface area (TPSA) is 75.1 Å². The number of carboxylic acids is 1. The number of carbonyl (C=O) groups is 1. The number of aromatic nitrogens is 2. The van der Waals surface area contributed by atoms with Crippen LogP contribution in [0.4, 0.5) is 0 Å². The standard InChI is InChI=1S/C25H30N2O3/c1-4-5-6-7-8-18-16-23-22(25(2,3)13-14-30-23)15-19(18)9-10-20-11-12-21(27-26-20)17-24(28)29/h11-12,15-16H,4-8,13-14,17H2,1-3H3,(H,28,29)/p-1. The van der Waals surface area contributed by atoms with E-state index in [4.69, 9.17) is 4.74 Å². The molecule has 0 bridgehead atoms. The van der Waals surface area contributed by atoms with Crippen molar-refractivity contribution in [2.45, 2.75) is 71.1 Å². The van der Waals surface area contributed by atoms with E-state index >= 15 is 0 Å². The van der Waals surface area contributed by atoms with Crippen LogP contribution >= 0.6 is 0 Å². The van der Waals surface area contributed by atoms with Crippen LogP contribution < -0.4 is 9.84 Å². The first-order valence-corrected chi connectivity index (χ1v) is 10.7. The van der Waals surface area contributed by atoms with Gasteiger partial charge in [-0.3, -0.25) is 0 Å². The number of benzene rings is 1. The van der Waals surface area contributed by atoms with E-state index in [0.717, 1.165) is 37.2 Å². The van der Waals surface area contributed by atoms with Gasteiger partial charge >= 0.3 is 0 Å². The number of carboxylic acid groups (broad SMARTS) is 1. The van der Waals surface area contributed by atoms with Gasteiger partial charge in [0.1, 0.15) is 11.4 Å². The molecule has 1 aliphatic rings. The van der Waals surface area contributed by atoms with Crippen molar-refractivity contribution in [2.24, 2.45) is 0 Å². The number of hydrogen-bond acceptors (Lipinski definition) is 5. The van der Waals surface area contributed by atoms with Gasteiger partial charge in [-0.15, -0.1) is 5.10 Å². The van der Waals surface area contributed by atoms with E-state index in [1.54, 1.807) is 12.1 Å². The Kier molecular flexibility index (Phi) is 7.10. The Morgan fingerprint density at radius 1 is 1.17 bits per heavy atom. The zero-order chi connectivity index (χ0) is 21.6. The fraction of sp³-hybridized carbons (Fsp3) is 0.480. The first kappa shape index (κ1) is 21.8. The SMILES string of the molecule is CCCCCCc1cc2c(cc1C#Cc1ccc(CC(=O)[O-])nn1)C(C)(C)CCO2. The van der Waals surface area contributed by atoms with Crippen molar-refractivity contribution < 1.29 is 14.6 Å².